The van der Waals surface area contributed by atoms with E-state index in [2.05, 4.69) is 4.98 Å². The lowest BCUT2D eigenvalue weighted by molar-refractivity contribution is -0.113. The summed E-state index contributed by atoms with van der Waals surface area (Å²) in [5, 5.41) is 0. The molecule has 1 aromatic rings. The number of Topliss-reactive ketones (excluding diaryl/α,β-unsaturated/α-hetero) is 1. The Labute approximate surface area is 78.3 Å². The third-order valence-electron chi connectivity index (χ3n) is 1.87. The van der Waals surface area contributed by atoms with Gasteiger partial charge >= 0.3 is 0 Å². The molecule has 0 bridgehead atoms. The number of aromatic nitrogens is 1. The molecule has 0 unspecified atom stereocenters. The van der Waals surface area contributed by atoms with E-state index in [9.17, 15) is 4.79 Å². The van der Waals surface area contributed by atoms with Crippen molar-refractivity contribution in [2.24, 2.45) is 0 Å². The van der Waals surface area contributed by atoms with Gasteiger partial charge in [0.05, 0.1) is 0 Å². The molecule has 1 rings (SSSR count). The lowest BCUT2D eigenvalue weighted by atomic mass is 10.1. The third kappa shape index (κ3) is 2.82. The minimum Gasteiger partial charge on any atom is -0.295 e. The molecular weight excluding hydrogens is 162 g/mol. The maximum absolute atomic E-state index is 10.9. The predicted octanol–water partition coefficient (Wildman–Crippen LogP) is 2.38. The summed E-state index contributed by atoms with van der Waals surface area (Å²) in [6.07, 6.45) is 3.61. The van der Waals surface area contributed by atoms with Crippen LogP contribution in [0.2, 0.25) is 0 Å². The number of rotatable bonds is 2. The molecule has 0 aliphatic carbocycles. The van der Waals surface area contributed by atoms with Crippen LogP contribution < -0.4 is 0 Å². The number of carbonyl (C=O) groups is 1. The minimum atomic E-state index is 0.0978. The van der Waals surface area contributed by atoms with Gasteiger partial charge in [0, 0.05) is 11.9 Å². The van der Waals surface area contributed by atoms with Crippen molar-refractivity contribution in [3.63, 3.8) is 0 Å². The fourth-order valence-corrected chi connectivity index (χ4v) is 0.916. The molecule has 1 heterocycles. The topological polar surface area (TPSA) is 30.0 Å². The summed E-state index contributed by atoms with van der Waals surface area (Å²) in [5.74, 6) is 0.0978. The molecule has 0 spiro atoms. The molecule has 0 aliphatic heterocycles. The number of hydrogen-bond acceptors (Lipinski definition) is 2. The average molecular weight is 175 g/mol. The van der Waals surface area contributed by atoms with Crippen LogP contribution in [0.25, 0.3) is 6.08 Å². The third-order valence-corrected chi connectivity index (χ3v) is 1.87. The number of allylic oxidation sites excluding steroid dienone is 1. The highest BCUT2D eigenvalue weighted by Crippen LogP contribution is 2.06. The molecule has 0 radical (unpaired) electrons. The monoisotopic (exact) mass is 175 g/mol. The summed E-state index contributed by atoms with van der Waals surface area (Å²) in [5.41, 5.74) is 2.71. The molecular formula is C11H13NO. The molecule has 0 atom stereocenters. The lowest BCUT2D eigenvalue weighted by Gasteiger charge is -1.96. The van der Waals surface area contributed by atoms with Crippen LogP contribution in [0.15, 0.2) is 23.9 Å². The molecule has 2 heteroatoms. The van der Waals surface area contributed by atoms with Crippen molar-refractivity contribution < 1.29 is 4.79 Å². The minimum absolute atomic E-state index is 0.0978. The molecule has 68 valence electrons. The van der Waals surface area contributed by atoms with Gasteiger partial charge in [-0.15, -0.1) is 0 Å². The van der Waals surface area contributed by atoms with E-state index in [1.54, 1.807) is 13.1 Å². The molecule has 0 saturated carbocycles. The van der Waals surface area contributed by atoms with Crippen LogP contribution in [0.4, 0.5) is 0 Å². The van der Waals surface area contributed by atoms with Crippen molar-refractivity contribution >= 4 is 11.9 Å². The second-order valence-corrected chi connectivity index (χ2v) is 3.12. The van der Waals surface area contributed by atoms with E-state index in [0.29, 0.717) is 0 Å². The molecule has 0 N–H and O–H groups in total. The molecule has 1 aromatic heterocycles. The van der Waals surface area contributed by atoms with Gasteiger partial charge in [-0.25, -0.2) is 0 Å². The fourth-order valence-electron chi connectivity index (χ4n) is 0.916. The van der Waals surface area contributed by atoms with Crippen LogP contribution in [0.5, 0.6) is 0 Å². The summed E-state index contributed by atoms with van der Waals surface area (Å²) in [6.45, 7) is 5.31. The van der Waals surface area contributed by atoms with Gasteiger partial charge in [-0.3, -0.25) is 9.78 Å². The zero-order chi connectivity index (χ0) is 9.84. The van der Waals surface area contributed by atoms with Gasteiger partial charge in [0.15, 0.2) is 5.78 Å². The van der Waals surface area contributed by atoms with Crippen molar-refractivity contribution in [1.29, 1.82) is 0 Å². The van der Waals surface area contributed by atoms with E-state index in [0.717, 1.165) is 16.8 Å². The maximum Gasteiger partial charge on any atom is 0.155 e. The van der Waals surface area contributed by atoms with E-state index in [1.807, 2.05) is 32.1 Å². The Hall–Kier alpha value is -1.44. The molecule has 0 amide bonds. The summed E-state index contributed by atoms with van der Waals surface area (Å²) in [6, 6.07) is 3.88. The van der Waals surface area contributed by atoms with Gasteiger partial charge in [-0.1, -0.05) is 6.07 Å². The second kappa shape index (κ2) is 3.99. The standard InChI is InChI=1S/C11H13NO/c1-8(10(3)13)6-11-5-4-9(2)12-7-11/h4-7H,1-3H3/b8-6+. The van der Waals surface area contributed by atoms with Gasteiger partial charge in [-0.05, 0) is 44.1 Å². The van der Waals surface area contributed by atoms with Crippen molar-refractivity contribution in [3.8, 4) is 0 Å². The fraction of sp³-hybridized carbons (Fsp3) is 0.273. The number of pyridine rings is 1. The number of nitrogens with zero attached hydrogens (tertiary/aromatic N) is 1. The Morgan fingerprint density at radius 3 is 2.54 bits per heavy atom. The van der Waals surface area contributed by atoms with Crippen LogP contribution >= 0.6 is 0 Å². The van der Waals surface area contributed by atoms with E-state index >= 15 is 0 Å². The molecule has 0 fully saturated rings. The van der Waals surface area contributed by atoms with E-state index in [-0.39, 0.29) is 5.78 Å². The zero-order valence-electron chi connectivity index (χ0n) is 8.16. The number of ketones is 1. The Bertz CT molecular complexity index is 336. The van der Waals surface area contributed by atoms with Crippen molar-refractivity contribution in [2.75, 3.05) is 0 Å². The van der Waals surface area contributed by atoms with Crippen molar-refractivity contribution in [1.82, 2.24) is 4.98 Å². The SMILES string of the molecule is CC(=O)/C(C)=C/c1ccc(C)nc1. The van der Waals surface area contributed by atoms with Crippen LogP contribution in [0.1, 0.15) is 25.1 Å². The van der Waals surface area contributed by atoms with Crippen molar-refractivity contribution in [3.05, 3.63) is 35.2 Å². The van der Waals surface area contributed by atoms with Gasteiger partial charge in [-0.2, -0.15) is 0 Å². The molecule has 13 heavy (non-hydrogen) atoms. The first-order valence-corrected chi connectivity index (χ1v) is 4.21. The molecule has 0 aromatic carbocycles. The number of aryl methyl sites for hydroxylation is 1. The summed E-state index contributed by atoms with van der Waals surface area (Å²) in [4.78, 5) is 15.1. The molecule has 0 saturated heterocycles. The Morgan fingerprint density at radius 1 is 1.38 bits per heavy atom. The highest BCUT2D eigenvalue weighted by molar-refractivity contribution is 5.96. The van der Waals surface area contributed by atoms with E-state index in [4.69, 9.17) is 0 Å². The van der Waals surface area contributed by atoms with E-state index in [1.165, 1.54) is 0 Å². The summed E-state index contributed by atoms with van der Waals surface area (Å²) >= 11 is 0. The van der Waals surface area contributed by atoms with E-state index < -0.39 is 0 Å². The first-order chi connectivity index (χ1) is 6.09. The largest absolute Gasteiger partial charge is 0.295 e. The Morgan fingerprint density at radius 2 is 2.08 bits per heavy atom. The lowest BCUT2D eigenvalue weighted by Crippen LogP contribution is -1.91. The zero-order valence-corrected chi connectivity index (χ0v) is 8.16. The van der Waals surface area contributed by atoms with Crippen molar-refractivity contribution in [2.45, 2.75) is 20.8 Å². The van der Waals surface area contributed by atoms with Crippen LogP contribution in [-0.4, -0.2) is 10.8 Å². The van der Waals surface area contributed by atoms with Gasteiger partial charge in [0.25, 0.3) is 0 Å². The maximum atomic E-state index is 10.9. The first kappa shape index (κ1) is 9.65. The second-order valence-electron chi connectivity index (χ2n) is 3.12. The average Bonchev–Trinajstić information content (AvgIpc) is 2.08. The first-order valence-electron chi connectivity index (χ1n) is 4.21. The quantitative estimate of drug-likeness (QED) is 0.646. The molecule has 2 nitrogen and oxygen atoms in total. The number of carbonyl (C=O) groups excluding carboxylic acids is 1. The van der Waals surface area contributed by atoms with Gasteiger partial charge in [0.2, 0.25) is 0 Å². The van der Waals surface area contributed by atoms with Crippen LogP contribution in [0.3, 0.4) is 0 Å². The Kier molecular flexibility index (Phi) is 2.96. The summed E-state index contributed by atoms with van der Waals surface area (Å²) < 4.78 is 0. The number of hydrogen-bond donors (Lipinski definition) is 0. The normalized spacial score (nSPS) is 11.5. The van der Waals surface area contributed by atoms with Gasteiger partial charge < -0.3 is 0 Å². The predicted molar refractivity (Wildman–Crippen MR) is 53.3 cm³/mol. The summed E-state index contributed by atoms with van der Waals surface area (Å²) in [7, 11) is 0. The smallest absolute Gasteiger partial charge is 0.155 e. The highest BCUT2D eigenvalue weighted by Gasteiger charge is 1.96. The highest BCUT2D eigenvalue weighted by atomic mass is 16.1. The van der Waals surface area contributed by atoms with Crippen LogP contribution in [-0.2, 0) is 4.79 Å². The molecule has 0 aliphatic rings. The van der Waals surface area contributed by atoms with Crippen LogP contribution in [0, 0.1) is 6.92 Å². The Balaban J connectivity index is 2.92. The van der Waals surface area contributed by atoms with Gasteiger partial charge in [0.1, 0.15) is 0 Å².